The molecule has 0 unspecified atom stereocenters. The van der Waals surface area contributed by atoms with Gasteiger partial charge in [0.25, 0.3) is 0 Å². The fourth-order valence-electron chi connectivity index (χ4n) is 3.21. The summed E-state index contributed by atoms with van der Waals surface area (Å²) in [5.74, 6) is 0.574. The smallest absolute Gasteiger partial charge is 0.242 e. The highest BCUT2D eigenvalue weighted by molar-refractivity contribution is 8.15. The van der Waals surface area contributed by atoms with Gasteiger partial charge in [0.2, 0.25) is 11.8 Å². The number of nitrogens with zero attached hydrogens (tertiary/aromatic N) is 2. The molecular weight excluding hydrogens is 386 g/mol. The predicted molar refractivity (Wildman–Crippen MR) is 116 cm³/mol. The average Bonchev–Trinajstić information content (AvgIpc) is 3.50. The van der Waals surface area contributed by atoms with Gasteiger partial charge in [-0.25, -0.2) is 4.99 Å². The molecule has 29 heavy (non-hydrogen) atoms. The van der Waals surface area contributed by atoms with Crippen molar-refractivity contribution >= 4 is 40.1 Å². The van der Waals surface area contributed by atoms with Crippen molar-refractivity contribution in [2.45, 2.75) is 37.5 Å². The third kappa shape index (κ3) is 4.45. The van der Waals surface area contributed by atoms with Crippen molar-refractivity contribution in [3.8, 4) is 5.75 Å². The standard InChI is InChI=1S/C22H23N3O3S/c1-14-5-3-4-6-18(14)24-20(26)13-19-21(27)25(16-9-10-16)22(29-19)23-15-7-11-17(28-2)12-8-15/h3-8,11-12,16,19H,9-10,13H2,1-2H3,(H,24,26)/t19-/m1/s1. The monoisotopic (exact) mass is 409 g/mol. The van der Waals surface area contributed by atoms with Gasteiger partial charge in [0, 0.05) is 18.2 Å². The number of para-hydroxylation sites is 1. The lowest BCUT2D eigenvalue weighted by Crippen LogP contribution is -2.35. The molecule has 1 aliphatic heterocycles. The van der Waals surface area contributed by atoms with Gasteiger partial charge in [-0.2, -0.15) is 0 Å². The van der Waals surface area contributed by atoms with Crippen LogP contribution in [0.4, 0.5) is 11.4 Å². The summed E-state index contributed by atoms with van der Waals surface area (Å²) >= 11 is 1.38. The summed E-state index contributed by atoms with van der Waals surface area (Å²) < 4.78 is 5.18. The molecule has 1 N–H and O–H groups in total. The molecule has 1 heterocycles. The summed E-state index contributed by atoms with van der Waals surface area (Å²) in [5.41, 5.74) is 2.53. The van der Waals surface area contributed by atoms with Crippen LogP contribution in [0.1, 0.15) is 24.8 Å². The molecule has 2 fully saturated rings. The number of hydrogen-bond acceptors (Lipinski definition) is 5. The van der Waals surface area contributed by atoms with E-state index in [1.807, 2.05) is 55.5 Å². The number of rotatable bonds is 6. The van der Waals surface area contributed by atoms with Crippen LogP contribution in [0.25, 0.3) is 0 Å². The van der Waals surface area contributed by atoms with E-state index in [1.54, 1.807) is 12.0 Å². The van der Waals surface area contributed by atoms with E-state index < -0.39 is 5.25 Å². The lowest BCUT2D eigenvalue weighted by atomic mass is 10.2. The first kappa shape index (κ1) is 19.5. The highest BCUT2D eigenvalue weighted by Crippen LogP contribution is 2.39. The minimum absolute atomic E-state index is 0.0234. The zero-order valence-corrected chi connectivity index (χ0v) is 17.2. The molecule has 2 aromatic carbocycles. The van der Waals surface area contributed by atoms with E-state index in [-0.39, 0.29) is 24.3 Å². The molecule has 2 amide bonds. The van der Waals surface area contributed by atoms with Crippen molar-refractivity contribution in [1.29, 1.82) is 0 Å². The Morgan fingerprint density at radius 1 is 1.21 bits per heavy atom. The second-order valence-electron chi connectivity index (χ2n) is 7.21. The fraction of sp³-hybridized carbons (Fsp3) is 0.318. The number of thioether (sulfide) groups is 1. The molecule has 0 spiro atoms. The van der Waals surface area contributed by atoms with E-state index in [1.165, 1.54) is 11.8 Å². The van der Waals surface area contributed by atoms with Gasteiger partial charge in [0.1, 0.15) is 11.0 Å². The zero-order valence-electron chi connectivity index (χ0n) is 16.4. The molecule has 0 bridgehead atoms. The summed E-state index contributed by atoms with van der Waals surface area (Å²) in [4.78, 5) is 32.0. The number of ether oxygens (including phenoxy) is 1. The molecule has 2 aliphatic rings. The molecule has 1 atom stereocenters. The van der Waals surface area contributed by atoms with Crippen LogP contribution < -0.4 is 10.1 Å². The largest absolute Gasteiger partial charge is 0.497 e. The summed E-state index contributed by atoms with van der Waals surface area (Å²) in [6.45, 7) is 1.94. The van der Waals surface area contributed by atoms with Crippen LogP contribution in [0, 0.1) is 6.92 Å². The highest BCUT2D eigenvalue weighted by atomic mass is 32.2. The lowest BCUT2D eigenvalue weighted by Gasteiger charge is -2.15. The highest BCUT2D eigenvalue weighted by Gasteiger charge is 2.46. The van der Waals surface area contributed by atoms with Crippen LogP contribution in [0.5, 0.6) is 5.75 Å². The lowest BCUT2D eigenvalue weighted by molar-refractivity contribution is -0.128. The molecular formula is C22H23N3O3S. The number of benzene rings is 2. The van der Waals surface area contributed by atoms with E-state index >= 15 is 0 Å². The van der Waals surface area contributed by atoms with E-state index in [0.29, 0.717) is 5.17 Å². The molecule has 7 heteroatoms. The number of carbonyl (C=O) groups excluding carboxylic acids is 2. The molecule has 1 aliphatic carbocycles. The maximum absolute atomic E-state index is 13.0. The first-order chi connectivity index (χ1) is 14.0. The quantitative estimate of drug-likeness (QED) is 0.779. The van der Waals surface area contributed by atoms with Gasteiger partial charge in [-0.1, -0.05) is 30.0 Å². The van der Waals surface area contributed by atoms with E-state index in [2.05, 4.69) is 10.3 Å². The topological polar surface area (TPSA) is 71.0 Å². The predicted octanol–water partition coefficient (Wildman–Crippen LogP) is 4.13. The maximum atomic E-state index is 13.0. The van der Waals surface area contributed by atoms with Crippen LogP contribution in [0.3, 0.4) is 0 Å². The third-order valence-electron chi connectivity index (χ3n) is 4.97. The van der Waals surface area contributed by atoms with Gasteiger partial charge in [0.15, 0.2) is 5.17 Å². The van der Waals surface area contributed by atoms with Gasteiger partial charge in [-0.3, -0.25) is 14.5 Å². The second kappa shape index (κ2) is 8.29. The van der Waals surface area contributed by atoms with E-state index in [4.69, 9.17) is 4.74 Å². The van der Waals surface area contributed by atoms with Crippen LogP contribution in [-0.2, 0) is 9.59 Å². The first-order valence-electron chi connectivity index (χ1n) is 9.63. The van der Waals surface area contributed by atoms with Crippen molar-refractivity contribution in [3.63, 3.8) is 0 Å². The maximum Gasteiger partial charge on any atom is 0.242 e. The number of nitrogens with one attached hydrogen (secondary N) is 1. The Balaban J connectivity index is 1.48. The molecule has 1 saturated heterocycles. The van der Waals surface area contributed by atoms with E-state index in [0.717, 1.165) is 35.5 Å². The van der Waals surface area contributed by atoms with Crippen LogP contribution in [0.2, 0.25) is 0 Å². The number of methoxy groups -OCH3 is 1. The Labute approximate surface area is 174 Å². The summed E-state index contributed by atoms with van der Waals surface area (Å²) in [6.07, 6.45) is 2.09. The Kier molecular flexibility index (Phi) is 5.58. The number of aryl methyl sites for hydroxylation is 1. The van der Waals surface area contributed by atoms with Crippen molar-refractivity contribution in [1.82, 2.24) is 4.90 Å². The Morgan fingerprint density at radius 2 is 1.93 bits per heavy atom. The molecule has 6 nitrogen and oxygen atoms in total. The van der Waals surface area contributed by atoms with Gasteiger partial charge in [-0.05, 0) is 55.7 Å². The average molecular weight is 410 g/mol. The first-order valence-corrected chi connectivity index (χ1v) is 10.5. The Morgan fingerprint density at radius 3 is 2.59 bits per heavy atom. The SMILES string of the molecule is COc1ccc(N=C2S[C@H](CC(=O)Nc3ccccc3C)C(=O)N2C2CC2)cc1. The number of amidine groups is 1. The third-order valence-corrected chi connectivity index (χ3v) is 6.12. The summed E-state index contributed by atoms with van der Waals surface area (Å²) in [6, 6.07) is 15.2. The van der Waals surface area contributed by atoms with Crippen LogP contribution >= 0.6 is 11.8 Å². The number of hydrogen-bond donors (Lipinski definition) is 1. The fourth-order valence-corrected chi connectivity index (χ4v) is 4.43. The van der Waals surface area contributed by atoms with Crippen molar-refractivity contribution in [2.24, 2.45) is 4.99 Å². The van der Waals surface area contributed by atoms with Gasteiger partial charge < -0.3 is 10.1 Å². The molecule has 150 valence electrons. The zero-order chi connectivity index (χ0) is 20.4. The summed E-state index contributed by atoms with van der Waals surface area (Å²) in [5, 5.41) is 3.15. The number of aliphatic imine (C=N–C) groups is 1. The van der Waals surface area contributed by atoms with E-state index in [9.17, 15) is 9.59 Å². The van der Waals surface area contributed by atoms with Crippen LogP contribution in [-0.4, -0.2) is 40.3 Å². The number of carbonyl (C=O) groups is 2. The Bertz CT molecular complexity index is 954. The molecule has 0 radical (unpaired) electrons. The van der Waals surface area contributed by atoms with Crippen molar-refractivity contribution < 1.29 is 14.3 Å². The minimum atomic E-state index is -0.448. The normalized spacial score (nSPS) is 20.2. The van der Waals surface area contributed by atoms with Crippen LogP contribution in [0.15, 0.2) is 53.5 Å². The Hall–Kier alpha value is -2.80. The number of amides is 2. The molecule has 4 rings (SSSR count). The second-order valence-corrected chi connectivity index (χ2v) is 8.38. The van der Waals surface area contributed by atoms with Crippen molar-refractivity contribution in [2.75, 3.05) is 12.4 Å². The summed E-state index contributed by atoms with van der Waals surface area (Å²) in [7, 11) is 1.62. The van der Waals surface area contributed by atoms with Gasteiger partial charge >= 0.3 is 0 Å². The molecule has 2 aromatic rings. The minimum Gasteiger partial charge on any atom is -0.497 e. The van der Waals surface area contributed by atoms with Gasteiger partial charge in [0.05, 0.1) is 12.8 Å². The molecule has 0 aromatic heterocycles. The van der Waals surface area contributed by atoms with Crippen molar-refractivity contribution in [3.05, 3.63) is 54.1 Å². The molecule has 1 saturated carbocycles. The number of anilines is 1. The van der Waals surface area contributed by atoms with Gasteiger partial charge in [-0.15, -0.1) is 0 Å².